The van der Waals surface area contributed by atoms with Crippen LogP contribution in [0.2, 0.25) is 0 Å². The molecular weight excluding hydrogens is 314 g/mol. The molecule has 0 aliphatic carbocycles. The SMILES string of the molecule is O=C(OCc1cccc([N+](=O)[O-])c1)c1cc(=O)c2ccccc2o1. The number of ether oxygens (including phenoxy) is 1. The molecule has 0 aliphatic heterocycles. The summed E-state index contributed by atoms with van der Waals surface area (Å²) in [5, 5.41) is 11.1. The molecule has 1 heterocycles. The molecule has 120 valence electrons. The molecule has 0 saturated carbocycles. The summed E-state index contributed by atoms with van der Waals surface area (Å²) in [6.45, 7) is -0.170. The zero-order chi connectivity index (χ0) is 17.1. The number of rotatable bonds is 4. The van der Waals surface area contributed by atoms with E-state index in [-0.39, 0.29) is 29.1 Å². The average molecular weight is 325 g/mol. The number of carbonyl (C=O) groups is 1. The molecule has 0 atom stereocenters. The number of hydrogen-bond acceptors (Lipinski definition) is 6. The van der Waals surface area contributed by atoms with E-state index < -0.39 is 10.9 Å². The molecule has 3 aromatic rings. The number of para-hydroxylation sites is 1. The first-order chi connectivity index (χ1) is 11.5. The Morgan fingerprint density at radius 3 is 2.71 bits per heavy atom. The third-order valence-corrected chi connectivity index (χ3v) is 3.33. The van der Waals surface area contributed by atoms with E-state index in [0.29, 0.717) is 10.9 Å². The first-order valence-corrected chi connectivity index (χ1v) is 6.98. The minimum atomic E-state index is -0.815. The van der Waals surface area contributed by atoms with Crippen molar-refractivity contribution in [1.29, 1.82) is 0 Å². The van der Waals surface area contributed by atoms with Crippen LogP contribution in [0.1, 0.15) is 16.1 Å². The zero-order valence-corrected chi connectivity index (χ0v) is 12.3. The molecule has 7 heteroatoms. The van der Waals surface area contributed by atoms with Gasteiger partial charge in [0.15, 0.2) is 5.43 Å². The third-order valence-electron chi connectivity index (χ3n) is 3.33. The first-order valence-electron chi connectivity index (χ1n) is 6.98. The van der Waals surface area contributed by atoms with E-state index >= 15 is 0 Å². The van der Waals surface area contributed by atoms with Gasteiger partial charge in [0.2, 0.25) is 5.76 Å². The molecule has 0 saturated heterocycles. The normalized spacial score (nSPS) is 10.5. The molecule has 0 aliphatic rings. The molecule has 7 nitrogen and oxygen atoms in total. The summed E-state index contributed by atoms with van der Waals surface area (Å²) in [7, 11) is 0. The van der Waals surface area contributed by atoms with Gasteiger partial charge in [-0.25, -0.2) is 4.79 Å². The Hall–Kier alpha value is -3.48. The highest BCUT2D eigenvalue weighted by molar-refractivity contribution is 5.88. The van der Waals surface area contributed by atoms with Crippen molar-refractivity contribution < 1.29 is 18.9 Å². The van der Waals surface area contributed by atoms with Crippen LogP contribution in [0.4, 0.5) is 5.69 Å². The number of nitrogens with zero attached hydrogens (tertiary/aromatic N) is 1. The predicted molar refractivity (Wildman–Crippen MR) is 84.7 cm³/mol. The third kappa shape index (κ3) is 3.14. The number of nitro groups is 1. The molecule has 0 fully saturated rings. The Morgan fingerprint density at radius 1 is 1.12 bits per heavy atom. The van der Waals surface area contributed by atoms with Crippen LogP contribution >= 0.6 is 0 Å². The Morgan fingerprint density at radius 2 is 1.92 bits per heavy atom. The van der Waals surface area contributed by atoms with Crippen LogP contribution in [0.15, 0.2) is 63.8 Å². The number of esters is 1. The van der Waals surface area contributed by atoms with Gasteiger partial charge in [0.05, 0.1) is 10.3 Å². The fourth-order valence-corrected chi connectivity index (χ4v) is 2.18. The predicted octanol–water partition coefficient (Wildman–Crippen LogP) is 3.06. The van der Waals surface area contributed by atoms with Gasteiger partial charge in [-0.2, -0.15) is 0 Å². The quantitative estimate of drug-likeness (QED) is 0.415. The summed E-state index contributed by atoms with van der Waals surface area (Å²) in [6, 6.07) is 13.4. The lowest BCUT2D eigenvalue weighted by atomic mass is 10.2. The highest BCUT2D eigenvalue weighted by atomic mass is 16.6. The second kappa shape index (κ2) is 6.33. The minimum Gasteiger partial charge on any atom is -0.455 e. The molecule has 0 unspecified atom stereocenters. The smallest absolute Gasteiger partial charge is 0.374 e. The van der Waals surface area contributed by atoms with Crippen molar-refractivity contribution in [3.8, 4) is 0 Å². The topological polar surface area (TPSA) is 99.6 Å². The van der Waals surface area contributed by atoms with Gasteiger partial charge in [0.25, 0.3) is 5.69 Å². The maximum absolute atomic E-state index is 12.0. The summed E-state index contributed by atoms with van der Waals surface area (Å²) in [5.41, 5.74) is 0.299. The Bertz CT molecular complexity index is 992. The molecule has 0 radical (unpaired) electrons. The fourth-order valence-electron chi connectivity index (χ4n) is 2.18. The Labute approximate surface area is 135 Å². The van der Waals surface area contributed by atoms with Crippen LogP contribution in [0, 0.1) is 10.1 Å². The van der Waals surface area contributed by atoms with Crippen molar-refractivity contribution in [2.45, 2.75) is 6.61 Å². The van der Waals surface area contributed by atoms with E-state index in [1.165, 1.54) is 18.2 Å². The Balaban J connectivity index is 1.79. The van der Waals surface area contributed by atoms with E-state index in [0.717, 1.165) is 6.07 Å². The summed E-state index contributed by atoms with van der Waals surface area (Å²) in [5.74, 6) is -1.03. The molecule has 24 heavy (non-hydrogen) atoms. The lowest BCUT2D eigenvalue weighted by molar-refractivity contribution is -0.384. The summed E-state index contributed by atoms with van der Waals surface area (Å²) < 4.78 is 10.4. The summed E-state index contributed by atoms with van der Waals surface area (Å²) >= 11 is 0. The van der Waals surface area contributed by atoms with Crippen LogP contribution in [-0.4, -0.2) is 10.9 Å². The van der Waals surface area contributed by atoms with Crippen LogP contribution < -0.4 is 5.43 Å². The zero-order valence-electron chi connectivity index (χ0n) is 12.3. The van der Waals surface area contributed by atoms with Crippen LogP contribution in [0.25, 0.3) is 11.0 Å². The van der Waals surface area contributed by atoms with Gasteiger partial charge < -0.3 is 9.15 Å². The maximum Gasteiger partial charge on any atom is 0.374 e. The monoisotopic (exact) mass is 325 g/mol. The second-order valence-electron chi connectivity index (χ2n) is 4.97. The Kier molecular flexibility index (Phi) is 4.07. The fraction of sp³-hybridized carbons (Fsp3) is 0.0588. The van der Waals surface area contributed by atoms with Crippen LogP contribution in [-0.2, 0) is 11.3 Å². The number of carbonyl (C=O) groups excluding carboxylic acids is 1. The van der Waals surface area contributed by atoms with Gasteiger partial charge in [0, 0.05) is 18.2 Å². The van der Waals surface area contributed by atoms with Crippen LogP contribution in [0.3, 0.4) is 0 Å². The van der Waals surface area contributed by atoms with Gasteiger partial charge >= 0.3 is 5.97 Å². The minimum absolute atomic E-state index is 0.0965. The number of benzene rings is 2. The van der Waals surface area contributed by atoms with Crippen molar-refractivity contribution >= 4 is 22.6 Å². The van der Waals surface area contributed by atoms with Crippen LogP contribution in [0.5, 0.6) is 0 Å². The van der Waals surface area contributed by atoms with E-state index in [9.17, 15) is 19.7 Å². The number of non-ortho nitro benzene ring substituents is 1. The molecule has 0 spiro atoms. The van der Waals surface area contributed by atoms with Gasteiger partial charge in [-0.1, -0.05) is 24.3 Å². The number of fused-ring (bicyclic) bond motifs is 1. The first kappa shape index (κ1) is 15.4. The largest absolute Gasteiger partial charge is 0.455 e. The van der Waals surface area contributed by atoms with Crippen molar-refractivity contribution in [2.75, 3.05) is 0 Å². The lowest BCUT2D eigenvalue weighted by Crippen LogP contribution is -2.10. The van der Waals surface area contributed by atoms with Crippen molar-refractivity contribution in [3.05, 3.63) is 86.3 Å². The molecule has 1 aromatic heterocycles. The number of hydrogen-bond donors (Lipinski definition) is 0. The highest BCUT2D eigenvalue weighted by Crippen LogP contribution is 2.16. The van der Waals surface area contributed by atoms with Gasteiger partial charge in [-0.15, -0.1) is 0 Å². The molecule has 2 aromatic carbocycles. The van der Waals surface area contributed by atoms with Gasteiger partial charge in [-0.3, -0.25) is 14.9 Å². The van der Waals surface area contributed by atoms with Crippen molar-refractivity contribution in [3.63, 3.8) is 0 Å². The molecule has 3 rings (SSSR count). The lowest BCUT2D eigenvalue weighted by Gasteiger charge is -2.05. The standard InChI is InChI=1S/C17H11NO6/c19-14-9-16(24-15-7-2-1-6-13(14)15)17(20)23-10-11-4-3-5-12(8-11)18(21)22/h1-9H,10H2. The van der Waals surface area contributed by atoms with E-state index in [2.05, 4.69) is 0 Å². The van der Waals surface area contributed by atoms with Crippen molar-refractivity contribution in [2.24, 2.45) is 0 Å². The average Bonchev–Trinajstić information content (AvgIpc) is 2.60. The second-order valence-corrected chi connectivity index (χ2v) is 4.97. The molecular formula is C17H11NO6. The highest BCUT2D eigenvalue weighted by Gasteiger charge is 2.14. The maximum atomic E-state index is 12.0. The summed E-state index contributed by atoms with van der Waals surface area (Å²) in [6.07, 6.45) is 0. The van der Waals surface area contributed by atoms with E-state index in [4.69, 9.17) is 9.15 Å². The van der Waals surface area contributed by atoms with Gasteiger partial charge in [-0.05, 0) is 17.7 Å². The van der Waals surface area contributed by atoms with Crippen molar-refractivity contribution in [1.82, 2.24) is 0 Å². The molecule has 0 N–H and O–H groups in total. The van der Waals surface area contributed by atoms with E-state index in [1.54, 1.807) is 30.3 Å². The number of nitro benzene ring substituents is 1. The van der Waals surface area contributed by atoms with Gasteiger partial charge in [0.1, 0.15) is 12.2 Å². The summed E-state index contributed by atoms with van der Waals surface area (Å²) in [4.78, 5) is 34.2. The van der Waals surface area contributed by atoms with E-state index in [1.807, 2.05) is 0 Å². The molecule has 0 amide bonds. The molecule has 0 bridgehead atoms.